The molecule has 4 nitrogen and oxygen atoms in total. The standard InChI is InChI=1S/C11H9ClN2O2S/c1-6-4-7(12)2-3-8(6)13-11-14-9(5-17-11)10(15)16/h2-5H,1H3,(H,13,14)(H,15,16). The Balaban J connectivity index is 2.22. The van der Waals surface area contributed by atoms with Crippen LogP contribution in [-0.4, -0.2) is 16.1 Å². The van der Waals surface area contributed by atoms with E-state index in [0.717, 1.165) is 11.3 Å². The zero-order valence-corrected chi connectivity index (χ0v) is 10.5. The third kappa shape index (κ3) is 2.75. The predicted octanol–water partition coefficient (Wildman–Crippen LogP) is 3.55. The van der Waals surface area contributed by atoms with Crippen molar-refractivity contribution in [3.63, 3.8) is 0 Å². The number of carbonyl (C=O) groups is 1. The van der Waals surface area contributed by atoms with Gasteiger partial charge in [0.15, 0.2) is 10.8 Å². The third-order valence-electron chi connectivity index (χ3n) is 2.15. The molecule has 2 aromatic rings. The van der Waals surface area contributed by atoms with Crippen LogP contribution in [0, 0.1) is 6.92 Å². The van der Waals surface area contributed by atoms with Crippen LogP contribution in [0.2, 0.25) is 5.02 Å². The molecular weight excluding hydrogens is 260 g/mol. The summed E-state index contributed by atoms with van der Waals surface area (Å²) < 4.78 is 0. The fourth-order valence-electron chi connectivity index (χ4n) is 1.31. The molecule has 2 N–H and O–H groups in total. The molecule has 0 amide bonds. The molecule has 6 heteroatoms. The topological polar surface area (TPSA) is 62.2 Å². The first-order valence-corrected chi connectivity index (χ1v) is 6.04. The minimum atomic E-state index is -1.03. The van der Waals surface area contributed by atoms with Crippen molar-refractivity contribution in [2.45, 2.75) is 6.92 Å². The van der Waals surface area contributed by atoms with E-state index in [9.17, 15) is 4.79 Å². The van der Waals surface area contributed by atoms with Crippen molar-refractivity contribution < 1.29 is 9.90 Å². The molecule has 0 radical (unpaired) electrons. The second kappa shape index (κ2) is 4.73. The largest absolute Gasteiger partial charge is 0.476 e. The van der Waals surface area contributed by atoms with Crippen molar-refractivity contribution in [1.29, 1.82) is 0 Å². The number of nitrogens with zero attached hydrogens (tertiary/aromatic N) is 1. The average Bonchev–Trinajstić information content (AvgIpc) is 2.71. The normalized spacial score (nSPS) is 10.2. The summed E-state index contributed by atoms with van der Waals surface area (Å²) >= 11 is 7.10. The highest BCUT2D eigenvalue weighted by atomic mass is 35.5. The van der Waals surface area contributed by atoms with E-state index in [1.807, 2.05) is 19.1 Å². The number of rotatable bonds is 3. The van der Waals surface area contributed by atoms with Gasteiger partial charge in [0, 0.05) is 16.1 Å². The van der Waals surface area contributed by atoms with E-state index in [-0.39, 0.29) is 5.69 Å². The molecule has 0 aliphatic carbocycles. The molecule has 0 bridgehead atoms. The first-order chi connectivity index (χ1) is 8.06. The van der Waals surface area contributed by atoms with E-state index in [1.54, 1.807) is 6.07 Å². The lowest BCUT2D eigenvalue weighted by atomic mass is 10.2. The van der Waals surface area contributed by atoms with Gasteiger partial charge in [0.2, 0.25) is 0 Å². The summed E-state index contributed by atoms with van der Waals surface area (Å²) in [6.07, 6.45) is 0. The highest BCUT2D eigenvalue weighted by Crippen LogP contribution is 2.25. The molecule has 88 valence electrons. The van der Waals surface area contributed by atoms with Gasteiger partial charge in [-0.2, -0.15) is 0 Å². The molecule has 0 fully saturated rings. The number of thiazole rings is 1. The maximum atomic E-state index is 10.7. The lowest BCUT2D eigenvalue weighted by molar-refractivity contribution is 0.0691. The van der Waals surface area contributed by atoms with E-state index >= 15 is 0 Å². The predicted molar refractivity (Wildman–Crippen MR) is 68.5 cm³/mol. The molecule has 0 aliphatic rings. The molecule has 17 heavy (non-hydrogen) atoms. The lowest BCUT2D eigenvalue weighted by Gasteiger charge is -2.06. The van der Waals surface area contributed by atoms with Gasteiger partial charge in [-0.3, -0.25) is 0 Å². The summed E-state index contributed by atoms with van der Waals surface area (Å²) in [7, 11) is 0. The fourth-order valence-corrected chi connectivity index (χ4v) is 2.24. The zero-order chi connectivity index (χ0) is 12.4. The highest BCUT2D eigenvalue weighted by Gasteiger charge is 2.09. The number of benzene rings is 1. The van der Waals surface area contributed by atoms with Gasteiger partial charge in [0.1, 0.15) is 0 Å². The summed E-state index contributed by atoms with van der Waals surface area (Å²) in [6, 6.07) is 5.43. The van der Waals surface area contributed by atoms with E-state index in [1.165, 1.54) is 16.7 Å². The van der Waals surface area contributed by atoms with E-state index in [0.29, 0.717) is 10.2 Å². The number of aromatic carboxylic acids is 1. The molecule has 0 saturated heterocycles. The van der Waals surface area contributed by atoms with Crippen molar-refractivity contribution in [2.24, 2.45) is 0 Å². The number of halogens is 1. The van der Waals surface area contributed by atoms with Gasteiger partial charge in [-0.05, 0) is 30.7 Å². The van der Waals surface area contributed by atoms with Gasteiger partial charge in [-0.15, -0.1) is 11.3 Å². The van der Waals surface area contributed by atoms with Gasteiger partial charge in [0.25, 0.3) is 0 Å². The van der Waals surface area contributed by atoms with Crippen LogP contribution >= 0.6 is 22.9 Å². The van der Waals surface area contributed by atoms with E-state index in [2.05, 4.69) is 10.3 Å². The van der Waals surface area contributed by atoms with Gasteiger partial charge < -0.3 is 10.4 Å². The van der Waals surface area contributed by atoms with Crippen LogP contribution in [0.4, 0.5) is 10.8 Å². The number of anilines is 2. The van der Waals surface area contributed by atoms with Crippen LogP contribution in [0.5, 0.6) is 0 Å². The lowest BCUT2D eigenvalue weighted by Crippen LogP contribution is -1.97. The smallest absolute Gasteiger partial charge is 0.355 e. The molecule has 0 unspecified atom stereocenters. The summed E-state index contributed by atoms with van der Waals surface area (Å²) in [6.45, 7) is 1.92. The van der Waals surface area contributed by atoms with Crippen LogP contribution in [0.3, 0.4) is 0 Å². The first-order valence-electron chi connectivity index (χ1n) is 4.78. The van der Waals surface area contributed by atoms with Crippen molar-refractivity contribution in [2.75, 3.05) is 5.32 Å². The van der Waals surface area contributed by atoms with E-state index < -0.39 is 5.97 Å². The first kappa shape index (κ1) is 11.9. The van der Waals surface area contributed by atoms with Crippen molar-refractivity contribution in [3.05, 3.63) is 39.9 Å². The van der Waals surface area contributed by atoms with Crippen LogP contribution < -0.4 is 5.32 Å². The van der Waals surface area contributed by atoms with Gasteiger partial charge >= 0.3 is 5.97 Å². The van der Waals surface area contributed by atoms with E-state index in [4.69, 9.17) is 16.7 Å². The number of hydrogen-bond acceptors (Lipinski definition) is 4. The Morgan fingerprint density at radius 1 is 1.53 bits per heavy atom. The Morgan fingerprint density at radius 3 is 2.88 bits per heavy atom. The third-order valence-corrected chi connectivity index (χ3v) is 3.15. The molecule has 0 spiro atoms. The van der Waals surface area contributed by atoms with Crippen molar-refractivity contribution >= 4 is 39.7 Å². The summed E-state index contributed by atoms with van der Waals surface area (Å²) in [5.74, 6) is -1.03. The number of carboxylic acid groups (broad SMARTS) is 1. The van der Waals surface area contributed by atoms with Crippen LogP contribution in [-0.2, 0) is 0 Å². The Morgan fingerprint density at radius 2 is 2.29 bits per heavy atom. The maximum absolute atomic E-state index is 10.7. The second-order valence-corrected chi connectivity index (χ2v) is 4.72. The molecule has 0 atom stereocenters. The Hall–Kier alpha value is -1.59. The van der Waals surface area contributed by atoms with Crippen molar-refractivity contribution in [3.8, 4) is 0 Å². The number of aryl methyl sites for hydroxylation is 1. The minimum absolute atomic E-state index is 0.0455. The monoisotopic (exact) mass is 268 g/mol. The zero-order valence-electron chi connectivity index (χ0n) is 8.90. The average molecular weight is 269 g/mol. The SMILES string of the molecule is Cc1cc(Cl)ccc1Nc1nc(C(=O)O)cs1. The summed E-state index contributed by atoms with van der Waals surface area (Å²) in [5.41, 5.74) is 1.88. The highest BCUT2D eigenvalue weighted by molar-refractivity contribution is 7.14. The second-order valence-electron chi connectivity index (χ2n) is 3.43. The van der Waals surface area contributed by atoms with Crippen LogP contribution in [0.15, 0.2) is 23.6 Å². The van der Waals surface area contributed by atoms with Gasteiger partial charge in [-0.25, -0.2) is 9.78 Å². The molecular formula is C11H9ClN2O2S. The molecule has 1 heterocycles. The molecule has 2 rings (SSSR count). The number of nitrogens with one attached hydrogen (secondary N) is 1. The Kier molecular flexibility index (Phi) is 3.31. The van der Waals surface area contributed by atoms with Crippen LogP contribution in [0.25, 0.3) is 0 Å². The Labute approximate surface area is 107 Å². The Bertz CT molecular complexity index is 568. The quantitative estimate of drug-likeness (QED) is 0.894. The molecule has 1 aromatic heterocycles. The van der Waals surface area contributed by atoms with Crippen molar-refractivity contribution in [1.82, 2.24) is 4.98 Å². The summed E-state index contributed by atoms with van der Waals surface area (Å²) in [4.78, 5) is 14.6. The molecule has 1 aromatic carbocycles. The van der Waals surface area contributed by atoms with Gasteiger partial charge in [-0.1, -0.05) is 11.6 Å². The van der Waals surface area contributed by atoms with Crippen LogP contribution in [0.1, 0.15) is 16.1 Å². The molecule has 0 saturated carbocycles. The summed E-state index contributed by atoms with van der Waals surface area (Å²) in [5, 5.41) is 14.5. The molecule has 0 aliphatic heterocycles. The number of aromatic nitrogens is 1. The van der Waals surface area contributed by atoms with Gasteiger partial charge in [0.05, 0.1) is 0 Å². The fraction of sp³-hybridized carbons (Fsp3) is 0.0909. The number of carboxylic acids is 1. The maximum Gasteiger partial charge on any atom is 0.355 e. The minimum Gasteiger partial charge on any atom is -0.476 e. The number of hydrogen-bond donors (Lipinski definition) is 2.